The number of carboxylic acids is 1. The molecule has 0 aliphatic carbocycles. The van der Waals surface area contributed by atoms with Crippen molar-refractivity contribution in [1.29, 1.82) is 0 Å². The van der Waals surface area contributed by atoms with Gasteiger partial charge < -0.3 is 10.4 Å². The molecule has 0 heterocycles. The predicted molar refractivity (Wildman–Crippen MR) is 83.1 cm³/mol. The van der Waals surface area contributed by atoms with E-state index in [1.807, 2.05) is 58.0 Å². The van der Waals surface area contributed by atoms with Gasteiger partial charge in [0.15, 0.2) is 0 Å². The molecule has 2 atom stereocenters. The Bertz CT molecular complexity index is 477. The van der Waals surface area contributed by atoms with Crippen LogP contribution in [0.15, 0.2) is 30.3 Å². The molecule has 4 heteroatoms. The molecule has 116 valence electrons. The van der Waals surface area contributed by atoms with Crippen molar-refractivity contribution < 1.29 is 14.7 Å². The van der Waals surface area contributed by atoms with E-state index in [0.717, 1.165) is 5.56 Å². The normalized spacial score (nSPS) is 14.3. The van der Waals surface area contributed by atoms with Crippen LogP contribution in [-0.2, 0) is 9.59 Å². The average Bonchev–Trinajstić information content (AvgIpc) is 2.37. The first-order valence-electron chi connectivity index (χ1n) is 7.26. The molecule has 2 N–H and O–H groups in total. The van der Waals surface area contributed by atoms with Gasteiger partial charge in [-0.2, -0.15) is 0 Å². The number of aliphatic carboxylic acids is 1. The Balaban J connectivity index is 2.60. The van der Waals surface area contributed by atoms with E-state index in [0.29, 0.717) is 6.42 Å². The van der Waals surface area contributed by atoms with Crippen LogP contribution in [0.25, 0.3) is 0 Å². The lowest BCUT2D eigenvalue weighted by molar-refractivity contribution is -0.142. The highest BCUT2D eigenvalue weighted by atomic mass is 16.4. The van der Waals surface area contributed by atoms with Crippen molar-refractivity contribution in [1.82, 2.24) is 5.32 Å². The maximum absolute atomic E-state index is 12.1. The number of hydrogen-bond donors (Lipinski definition) is 2. The number of amides is 1. The lowest BCUT2D eigenvalue weighted by Gasteiger charge is -2.24. The molecule has 0 bridgehead atoms. The van der Waals surface area contributed by atoms with Crippen LogP contribution in [0.4, 0.5) is 0 Å². The summed E-state index contributed by atoms with van der Waals surface area (Å²) in [5, 5.41) is 11.9. The van der Waals surface area contributed by atoms with E-state index < -0.39 is 12.0 Å². The van der Waals surface area contributed by atoms with E-state index in [1.165, 1.54) is 0 Å². The van der Waals surface area contributed by atoms with Gasteiger partial charge in [-0.15, -0.1) is 0 Å². The molecule has 21 heavy (non-hydrogen) atoms. The Morgan fingerprint density at radius 2 is 1.76 bits per heavy atom. The summed E-state index contributed by atoms with van der Waals surface area (Å²) in [7, 11) is 0. The second kappa shape index (κ2) is 7.25. The minimum absolute atomic E-state index is 0.0651. The van der Waals surface area contributed by atoms with Gasteiger partial charge in [-0.3, -0.25) is 4.79 Å². The first-order chi connectivity index (χ1) is 9.69. The molecule has 0 saturated heterocycles. The van der Waals surface area contributed by atoms with Gasteiger partial charge in [-0.1, -0.05) is 58.0 Å². The lowest BCUT2D eigenvalue weighted by atomic mass is 9.88. The van der Waals surface area contributed by atoms with E-state index in [4.69, 9.17) is 0 Å². The highest BCUT2D eigenvalue weighted by molar-refractivity contribution is 5.84. The highest BCUT2D eigenvalue weighted by Crippen LogP contribution is 2.22. The fourth-order valence-corrected chi connectivity index (χ4v) is 2.24. The molecule has 0 spiro atoms. The third kappa shape index (κ3) is 6.43. The van der Waals surface area contributed by atoms with Crippen LogP contribution in [0.1, 0.15) is 52.0 Å². The number of carbonyl (C=O) groups excluding carboxylic acids is 1. The second-order valence-corrected chi connectivity index (χ2v) is 6.74. The summed E-state index contributed by atoms with van der Waals surface area (Å²) in [5.74, 6) is -1.14. The Morgan fingerprint density at radius 1 is 1.19 bits per heavy atom. The summed E-state index contributed by atoms with van der Waals surface area (Å²) >= 11 is 0. The second-order valence-electron chi connectivity index (χ2n) is 6.74. The minimum atomic E-state index is -0.981. The summed E-state index contributed by atoms with van der Waals surface area (Å²) in [6, 6.07) is 8.91. The molecule has 0 radical (unpaired) electrons. The SMILES string of the molecule is C[C@H](CC(=O)N[C@@H](CC(C)(C)C)C(=O)O)c1ccccc1. The largest absolute Gasteiger partial charge is 0.480 e. The average molecular weight is 291 g/mol. The van der Waals surface area contributed by atoms with E-state index in [-0.39, 0.29) is 23.7 Å². The van der Waals surface area contributed by atoms with Gasteiger partial charge in [0, 0.05) is 6.42 Å². The summed E-state index contributed by atoms with van der Waals surface area (Å²) in [4.78, 5) is 23.3. The van der Waals surface area contributed by atoms with Crippen LogP contribution < -0.4 is 5.32 Å². The van der Waals surface area contributed by atoms with Crippen molar-refractivity contribution in [2.75, 3.05) is 0 Å². The quantitative estimate of drug-likeness (QED) is 0.846. The standard InChI is InChI=1S/C17H25NO3/c1-12(13-8-6-5-7-9-13)10-15(19)18-14(16(20)21)11-17(2,3)4/h5-9,12,14H,10-11H2,1-4H3,(H,18,19)(H,20,21)/t12-,14+/m1/s1. The van der Waals surface area contributed by atoms with Gasteiger partial charge in [0.05, 0.1) is 0 Å². The summed E-state index contributed by atoms with van der Waals surface area (Å²) in [6.45, 7) is 7.85. The molecule has 1 aromatic carbocycles. The predicted octanol–water partition coefficient (Wildman–Crippen LogP) is 3.19. The topological polar surface area (TPSA) is 66.4 Å². The van der Waals surface area contributed by atoms with Crippen LogP contribution >= 0.6 is 0 Å². The van der Waals surface area contributed by atoms with Crippen molar-refractivity contribution in [3.8, 4) is 0 Å². The first kappa shape index (κ1) is 17.2. The Kier molecular flexibility index (Phi) is 5.94. The van der Waals surface area contributed by atoms with Crippen molar-refractivity contribution in [2.45, 2.75) is 52.5 Å². The van der Waals surface area contributed by atoms with Gasteiger partial charge in [0.25, 0.3) is 0 Å². The molecule has 0 aromatic heterocycles. The Morgan fingerprint density at radius 3 is 2.24 bits per heavy atom. The zero-order valence-corrected chi connectivity index (χ0v) is 13.2. The zero-order chi connectivity index (χ0) is 16.0. The van der Waals surface area contributed by atoms with Crippen LogP contribution in [0.2, 0.25) is 0 Å². The third-order valence-corrected chi connectivity index (χ3v) is 3.31. The van der Waals surface area contributed by atoms with Gasteiger partial charge >= 0.3 is 5.97 Å². The summed E-state index contributed by atoms with van der Waals surface area (Å²) in [6.07, 6.45) is 0.700. The Hall–Kier alpha value is -1.84. The molecule has 1 rings (SSSR count). The van der Waals surface area contributed by atoms with Crippen molar-refractivity contribution in [3.63, 3.8) is 0 Å². The molecule has 1 aromatic rings. The monoisotopic (exact) mass is 291 g/mol. The highest BCUT2D eigenvalue weighted by Gasteiger charge is 2.26. The maximum atomic E-state index is 12.1. The number of rotatable bonds is 6. The third-order valence-electron chi connectivity index (χ3n) is 3.31. The molecular formula is C17H25NO3. The zero-order valence-electron chi connectivity index (χ0n) is 13.2. The van der Waals surface area contributed by atoms with Crippen LogP contribution in [0, 0.1) is 5.41 Å². The van der Waals surface area contributed by atoms with Crippen LogP contribution in [0.3, 0.4) is 0 Å². The smallest absolute Gasteiger partial charge is 0.326 e. The van der Waals surface area contributed by atoms with E-state index in [1.54, 1.807) is 0 Å². The maximum Gasteiger partial charge on any atom is 0.326 e. The molecule has 1 amide bonds. The van der Waals surface area contributed by atoms with E-state index in [9.17, 15) is 14.7 Å². The molecular weight excluding hydrogens is 266 g/mol. The van der Waals surface area contributed by atoms with Crippen LogP contribution in [-0.4, -0.2) is 23.0 Å². The summed E-state index contributed by atoms with van der Waals surface area (Å²) < 4.78 is 0. The number of carboxylic acid groups (broad SMARTS) is 1. The number of carbonyl (C=O) groups is 2. The van der Waals surface area contributed by atoms with Gasteiger partial charge in [0.2, 0.25) is 5.91 Å². The molecule has 0 aliphatic rings. The van der Waals surface area contributed by atoms with Crippen molar-refractivity contribution >= 4 is 11.9 Å². The van der Waals surface area contributed by atoms with E-state index >= 15 is 0 Å². The van der Waals surface area contributed by atoms with Crippen molar-refractivity contribution in [2.24, 2.45) is 5.41 Å². The molecule has 0 unspecified atom stereocenters. The molecule has 0 aliphatic heterocycles. The molecule has 0 saturated carbocycles. The number of hydrogen-bond acceptors (Lipinski definition) is 2. The number of benzene rings is 1. The molecule has 4 nitrogen and oxygen atoms in total. The number of nitrogens with one attached hydrogen (secondary N) is 1. The fourth-order valence-electron chi connectivity index (χ4n) is 2.24. The fraction of sp³-hybridized carbons (Fsp3) is 0.529. The van der Waals surface area contributed by atoms with Crippen molar-refractivity contribution in [3.05, 3.63) is 35.9 Å². The molecule has 0 fully saturated rings. The van der Waals surface area contributed by atoms with Gasteiger partial charge in [0.1, 0.15) is 6.04 Å². The lowest BCUT2D eigenvalue weighted by Crippen LogP contribution is -2.43. The van der Waals surface area contributed by atoms with Crippen LogP contribution in [0.5, 0.6) is 0 Å². The Labute approximate surface area is 126 Å². The summed E-state index contributed by atoms with van der Waals surface area (Å²) in [5.41, 5.74) is 0.928. The van der Waals surface area contributed by atoms with E-state index in [2.05, 4.69) is 5.32 Å². The first-order valence-corrected chi connectivity index (χ1v) is 7.26. The van der Waals surface area contributed by atoms with Gasteiger partial charge in [-0.05, 0) is 23.3 Å². The minimum Gasteiger partial charge on any atom is -0.480 e. The van der Waals surface area contributed by atoms with Gasteiger partial charge in [-0.25, -0.2) is 4.79 Å².